The van der Waals surface area contributed by atoms with Crippen LogP contribution in [0.2, 0.25) is 0 Å². The molecule has 19 heavy (non-hydrogen) atoms. The Morgan fingerprint density at radius 3 is 2.26 bits per heavy atom. The fraction of sp³-hybridized carbons (Fsp3) is 0.533. The van der Waals surface area contributed by atoms with Crippen LogP contribution < -0.4 is 0 Å². The minimum atomic E-state index is -3.54. The maximum atomic E-state index is 12.2. The van der Waals surface area contributed by atoms with E-state index >= 15 is 0 Å². The lowest BCUT2D eigenvalue weighted by Crippen LogP contribution is -2.16. The number of hydrogen-bond acceptors (Lipinski definition) is 2. The average Bonchev–Trinajstić information content (AvgIpc) is 2.40. The summed E-state index contributed by atoms with van der Waals surface area (Å²) in [6.07, 6.45) is 5.76. The molecule has 1 saturated carbocycles. The lowest BCUT2D eigenvalue weighted by Gasteiger charge is -2.21. The lowest BCUT2D eigenvalue weighted by molar-refractivity contribution is 0.438. The van der Waals surface area contributed by atoms with E-state index in [1.165, 1.54) is 19.3 Å². The fourth-order valence-corrected chi connectivity index (χ4v) is 3.66. The quantitative estimate of drug-likeness (QED) is 0.791. The number of aryl methyl sites for hydroxylation is 1. The number of benzene rings is 1. The molecule has 0 saturated heterocycles. The van der Waals surface area contributed by atoms with Gasteiger partial charge in [0.25, 0.3) is 10.0 Å². The van der Waals surface area contributed by atoms with Crippen LogP contribution in [-0.2, 0) is 10.0 Å². The Labute approximate surface area is 115 Å². The summed E-state index contributed by atoms with van der Waals surface area (Å²) in [5.41, 5.74) is 1.81. The topological polar surface area (TPSA) is 46.5 Å². The van der Waals surface area contributed by atoms with Crippen LogP contribution in [0.5, 0.6) is 0 Å². The predicted molar refractivity (Wildman–Crippen MR) is 78.0 cm³/mol. The minimum absolute atomic E-state index is 0.285. The van der Waals surface area contributed by atoms with E-state index in [2.05, 4.69) is 4.40 Å². The van der Waals surface area contributed by atoms with Crippen LogP contribution >= 0.6 is 0 Å². The van der Waals surface area contributed by atoms with Crippen molar-refractivity contribution < 1.29 is 8.42 Å². The van der Waals surface area contributed by atoms with Gasteiger partial charge in [0.2, 0.25) is 0 Å². The standard InChI is InChI=1S/C15H21NO2S/c1-12-8-10-15(11-9-12)19(17,18)16-13(2)14-6-4-3-5-7-14/h8-11,14H,3-7H2,1-2H3/b16-13+. The van der Waals surface area contributed by atoms with Gasteiger partial charge in [-0.05, 0) is 44.7 Å². The molecule has 0 spiro atoms. The van der Waals surface area contributed by atoms with Crippen molar-refractivity contribution in [2.75, 3.05) is 0 Å². The first kappa shape index (κ1) is 14.3. The lowest BCUT2D eigenvalue weighted by atomic mass is 9.86. The molecule has 3 nitrogen and oxygen atoms in total. The first-order valence-corrected chi connectivity index (χ1v) is 8.31. The van der Waals surface area contributed by atoms with Crippen molar-refractivity contribution in [1.82, 2.24) is 0 Å². The van der Waals surface area contributed by atoms with Gasteiger partial charge in [0, 0.05) is 5.71 Å². The van der Waals surface area contributed by atoms with E-state index in [1.807, 2.05) is 13.8 Å². The van der Waals surface area contributed by atoms with Crippen molar-refractivity contribution in [3.8, 4) is 0 Å². The van der Waals surface area contributed by atoms with Crippen molar-refractivity contribution >= 4 is 15.7 Å². The van der Waals surface area contributed by atoms with Crippen molar-refractivity contribution in [3.63, 3.8) is 0 Å². The molecule has 0 radical (unpaired) electrons. The molecule has 104 valence electrons. The summed E-state index contributed by atoms with van der Waals surface area (Å²) in [4.78, 5) is 0.285. The van der Waals surface area contributed by atoms with Gasteiger partial charge in [0.15, 0.2) is 0 Å². The summed E-state index contributed by atoms with van der Waals surface area (Å²) in [6.45, 7) is 3.79. The Morgan fingerprint density at radius 2 is 1.68 bits per heavy atom. The van der Waals surface area contributed by atoms with Crippen LogP contribution in [0, 0.1) is 12.8 Å². The first-order chi connectivity index (χ1) is 8.99. The van der Waals surface area contributed by atoms with Crippen LogP contribution in [0.1, 0.15) is 44.6 Å². The predicted octanol–water partition coefficient (Wildman–Crippen LogP) is 3.72. The van der Waals surface area contributed by atoms with E-state index in [-0.39, 0.29) is 4.90 Å². The van der Waals surface area contributed by atoms with Crippen LogP contribution in [-0.4, -0.2) is 14.1 Å². The molecule has 1 aromatic carbocycles. The molecule has 0 heterocycles. The van der Waals surface area contributed by atoms with Crippen molar-refractivity contribution in [3.05, 3.63) is 29.8 Å². The van der Waals surface area contributed by atoms with Gasteiger partial charge in [-0.3, -0.25) is 0 Å². The van der Waals surface area contributed by atoms with E-state index in [1.54, 1.807) is 24.3 Å². The largest absolute Gasteiger partial charge is 0.282 e. The molecule has 0 aromatic heterocycles. The molecule has 0 bridgehead atoms. The molecule has 1 aliphatic rings. The minimum Gasteiger partial charge on any atom is -0.199 e. The third-order valence-corrected chi connectivity index (χ3v) is 5.18. The van der Waals surface area contributed by atoms with E-state index in [4.69, 9.17) is 0 Å². The second kappa shape index (κ2) is 5.87. The average molecular weight is 279 g/mol. The Hall–Kier alpha value is -1.16. The van der Waals surface area contributed by atoms with Crippen molar-refractivity contribution in [1.29, 1.82) is 0 Å². The third kappa shape index (κ3) is 3.66. The molecule has 0 unspecified atom stereocenters. The summed E-state index contributed by atoms with van der Waals surface area (Å²) in [6, 6.07) is 6.86. The van der Waals surface area contributed by atoms with Gasteiger partial charge in [0.05, 0.1) is 4.90 Å². The van der Waals surface area contributed by atoms with E-state index in [0.717, 1.165) is 24.1 Å². The highest BCUT2D eigenvalue weighted by Gasteiger charge is 2.19. The number of nitrogens with zero attached hydrogens (tertiary/aromatic N) is 1. The van der Waals surface area contributed by atoms with E-state index in [9.17, 15) is 8.42 Å². The molecule has 0 N–H and O–H groups in total. The maximum absolute atomic E-state index is 12.2. The summed E-state index contributed by atoms with van der Waals surface area (Å²) in [7, 11) is -3.54. The molecular formula is C15H21NO2S. The van der Waals surface area contributed by atoms with Crippen LogP contribution in [0.25, 0.3) is 0 Å². The van der Waals surface area contributed by atoms with Crippen LogP contribution in [0.4, 0.5) is 0 Å². The van der Waals surface area contributed by atoms with Gasteiger partial charge >= 0.3 is 0 Å². The zero-order chi connectivity index (χ0) is 13.9. The van der Waals surface area contributed by atoms with Gasteiger partial charge < -0.3 is 0 Å². The Bertz CT molecular complexity index is 552. The van der Waals surface area contributed by atoms with Crippen molar-refractivity contribution in [2.45, 2.75) is 50.8 Å². The number of sulfonamides is 1. The normalized spacial score (nSPS) is 18.5. The number of hydrogen-bond donors (Lipinski definition) is 0. The van der Waals surface area contributed by atoms with Crippen LogP contribution in [0.3, 0.4) is 0 Å². The molecule has 0 atom stereocenters. The van der Waals surface area contributed by atoms with E-state index in [0.29, 0.717) is 5.92 Å². The van der Waals surface area contributed by atoms with Gasteiger partial charge in [-0.2, -0.15) is 12.8 Å². The zero-order valence-corrected chi connectivity index (χ0v) is 12.4. The zero-order valence-electron chi connectivity index (χ0n) is 11.6. The SMILES string of the molecule is C/C(=N\S(=O)(=O)c1ccc(C)cc1)C1CCCCC1. The van der Waals surface area contributed by atoms with E-state index < -0.39 is 10.0 Å². The highest BCUT2D eigenvalue weighted by molar-refractivity contribution is 7.90. The maximum Gasteiger partial charge on any atom is 0.282 e. The summed E-state index contributed by atoms with van der Waals surface area (Å²) < 4.78 is 28.4. The van der Waals surface area contributed by atoms with Crippen molar-refractivity contribution in [2.24, 2.45) is 10.3 Å². The molecule has 0 aliphatic heterocycles. The molecule has 4 heteroatoms. The Balaban J connectivity index is 2.22. The molecule has 1 aromatic rings. The molecule has 0 amide bonds. The third-order valence-electron chi connectivity index (χ3n) is 3.78. The Kier molecular flexibility index (Phi) is 4.40. The smallest absolute Gasteiger partial charge is 0.199 e. The van der Waals surface area contributed by atoms with Crippen LogP contribution in [0.15, 0.2) is 33.6 Å². The summed E-state index contributed by atoms with van der Waals surface area (Å²) >= 11 is 0. The first-order valence-electron chi connectivity index (χ1n) is 6.87. The van der Waals surface area contributed by atoms with Gasteiger partial charge in [0.1, 0.15) is 0 Å². The monoisotopic (exact) mass is 279 g/mol. The summed E-state index contributed by atoms with van der Waals surface area (Å²) in [5, 5.41) is 0. The van der Waals surface area contributed by atoms with Gasteiger partial charge in [-0.1, -0.05) is 37.0 Å². The molecule has 1 aliphatic carbocycles. The fourth-order valence-electron chi connectivity index (χ4n) is 2.55. The second-order valence-corrected chi connectivity index (χ2v) is 6.96. The molecule has 2 rings (SSSR count). The molecule has 1 fully saturated rings. The second-order valence-electron chi connectivity index (χ2n) is 5.36. The molecular weight excluding hydrogens is 258 g/mol. The number of rotatable bonds is 3. The Morgan fingerprint density at radius 1 is 1.11 bits per heavy atom. The highest BCUT2D eigenvalue weighted by atomic mass is 32.2. The van der Waals surface area contributed by atoms with Gasteiger partial charge in [-0.25, -0.2) is 0 Å². The summed E-state index contributed by atoms with van der Waals surface area (Å²) in [5.74, 6) is 0.342. The highest BCUT2D eigenvalue weighted by Crippen LogP contribution is 2.26. The van der Waals surface area contributed by atoms with Gasteiger partial charge in [-0.15, -0.1) is 0 Å².